The van der Waals surface area contributed by atoms with Crippen LogP contribution >= 0.6 is 0 Å². The van der Waals surface area contributed by atoms with Crippen molar-refractivity contribution in [2.45, 2.75) is 17.9 Å². The van der Waals surface area contributed by atoms with E-state index in [2.05, 4.69) is 20.2 Å². The Hall–Kier alpha value is -3.60. The number of anilines is 1. The first-order chi connectivity index (χ1) is 16.9. The largest absolute Gasteiger partial charge is 0.492 e. The number of nitrogens with one attached hydrogen (secondary N) is 3. The third-order valence-electron chi connectivity index (χ3n) is 5.40. The third-order valence-corrected chi connectivity index (χ3v) is 6.78. The Morgan fingerprint density at radius 2 is 1.91 bits per heavy atom. The first-order valence-electron chi connectivity index (χ1n) is 11.1. The Bertz CT molecular complexity index is 1400. The summed E-state index contributed by atoms with van der Waals surface area (Å²) in [4.78, 5) is 0.191. The number of benzene rings is 3. The van der Waals surface area contributed by atoms with E-state index in [1.54, 1.807) is 49.6 Å². The van der Waals surface area contributed by atoms with Crippen LogP contribution in [0.1, 0.15) is 17.2 Å². The van der Waals surface area contributed by atoms with E-state index in [1.165, 1.54) is 0 Å². The molecule has 0 aliphatic carbocycles. The molecule has 9 nitrogen and oxygen atoms in total. The van der Waals surface area contributed by atoms with Gasteiger partial charge in [-0.05, 0) is 54.4 Å². The summed E-state index contributed by atoms with van der Waals surface area (Å²) < 4.78 is 38.9. The van der Waals surface area contributed by atoms with E-state index in [1.807, 2.05) is 31.2 Å². The lowest BCUT2D eigenvalue weighted by Crippen LogP contribution is -2.26. The molecule has 184 valence electrons. The normalized spacial score (nSPS) is 12.4. The highest BCUT2D eigenvalue weighted by molar-refractivity contribution is 7.92. The van der Waals surface area contributed by atoms with Gasteiger partial charge in [0.05, 0.1) is 29.0 Å². The number of aryl methyl sites for hydroxylation is 1. The van der Waals surface area contributed by atoms with Gasteiger partial charge in [-0.25, -0.2) is 8.42 Å². The highest BCUT2D eigenvalue weighted by Gasteiger charge is 2.15. The average Bonchev–Trinajstić information content (AvgIpc) is 3.26. The number of sulfonamides is 1. The lowest BCUT2D eigenvalue weighted by Gasteiger charge is -2.15. The number of aliphatic hydroxyl groups is 1. The molecule has 0 saturated carbocycles. The first-order valence-corrected chi connectivity index (χ1v) is 12.6. The maximum Gasteiger partial charge on any atom is 0.261 e. The van der Waals surface area contributed by atoms with E-state index in [4.69, 9.17) is 9.47 Å². The lowest BCUT2D eigenvalue weighted by atomic mass is 10.1. The Morgan fingerprint density at radius 1 is 1.09 bits per heavy atom. The summed E-state index contributed by atoms with van der Waals surface area (Å²) in [5, 5.41) is 21.6. The summed E-state index contributed by atoms with van der Waals surface area (Å²) in [7, 11) is -2.15. The molecule has 4 N–H and O–H groups in total. The number of rotatable bonds is 11. The Morgan fingerprint density at radius 3 is 2.71 bits per heavy atom. The summed E-state index contributed by atoms with van der Waals surface area (Å²) in [6.45, 7) is 3.04. The van der Waals surface area contributed by atoms with Crippen molar-refractivity contribution < 1.29 is 23.0 Å². The molecule has 35 heavy (non-hydrogen) atoms. The number of aromatic nitrogens is 2. The van der Waals surface area contributed by atoms with Crippen LogP contribution < -0.4 is 19.5 Å². The van der Waals surface area contributed by atoms with Crippen LogP contribution in [0.3, 0.4) is 0 Å². The highest BCUT2D eigenvalue weighted by Crippen LogP contribution is 2.26. The van der Waals surface area contributed by atoms with Crippen molar-refractivity contribution >= 4 is 26.6 Å². The van der Waals surface area contributed by atoms with Gasteiger partial charge in [-0.2, -0.15) is 0 Å². The molecule has 1 heterocycles. The second-order valence-corrected chi connectivity index (χ2v) is 9.74. The van der Waals surface area contributed by atoms with Crippen molar-refractivity contribution in [1.82, 2.24) is 15.5 Å². The predicted molar refractivity (Wildman–Crippen MR) is 134 cm³/mol. The quantitative estimate of drug-likeness (QED) is 0.235. The van der Waals surface area contributed by atoms with E-state index < -0.39 is 16.1 Å². The molecule has 1 aromatic heterocycles. The van der Waals surface area contributed by atoms with E-state index in [0.717, 1.165) is 16.5 Å². The van der Waals surface area contributed by atoms with Crippen molar-refractivity contribution in [2.24, 2.45) is 0 Å². The minimum atomic E-state index is -3.72. The first kappa shape index (κ1) is 24.5. The molecule has 0 bridgehead atoms. The summed E-state index contributed by atoms with van der Waals surface area (Å²) in [5.41, 5.74) is 2.66. The van der Waals surface area contributed by atoms with Gasteiger partial charge in [-0.1, -0.05) is 24.3 Å². The monoisotopic (exact) mass is 496 g/mol. The molecule has 0 aliphatic rings. The van der Waals surface area contributed by atoms with Gasteiger partial charge in [0.1, 0.15) is 12.4 Å². The molecule has 0 amide bonds. The van der Waals surface area contributed by atoms with Gasteiger partial charge >= 0.3 is 0 Å². The molecule has 3 aromatic carbocycles. The fourth-order valence-corrected chi connectivity index (χ4v) is 4.78. The topological polar surface area (TPSA) is 126 Å². The molecule has 0 saturated heterocycles. The predicted octanol–water partition coefficient (Wildman–Crippen LogP) is 3.38. The molecule has 0 unspecified atom stereocenters. The zero-order valence-electron chi connectivity index (χ0n) is 19.5. The molecular weight excluding hydrogens is 468 g/mol. The van der Waals surface area contributed by atoms with Crippen molar-refractivity contribution in [2.75, 3.05) is 31.5 Å². The fourth-order valence-electron chi connectivity index (χ4n) is 3.62. The van der Waals surface area contributed by atoms with Crippen molar-refractivity contribution in [3.05, 3.63) is 77.9 Å². The van der Waals surface area contributed by atoms with Crippen LogP contribution in [0.4, 0.5) is 5.69 Å². The minimum absolute atomic E-state index is 0.191. The van der Waals surface area contributed by atoms with E-state index >= 15 is 0 Å². The Labute approximate surface area is 204 Å². The highest BCUT2D eigenvalue weighted by atomic mass is 32.2. The van der Waals surface area contributed by atoms with Gasteiger partial charge < -0.3 is 19.9 Å². The van der Waals surface area contributed by atoms with Crippen LogP contribution in [0.15, 0.2) is 71.6 Å². The van der Waals surface area contributed by atoms with Crippen LogP contribution in [-0.4, -0.2) is 50.5 Å². The molecule has 0 radical (unpaired) electrons. The number of ether oxygens (including phenoxy) is 2. The van der Waals surface area contributed by atoms with Gasteiger partial charge in [0, 0.05) is 24.8 Å². The van der Waals surface area contributed by atoms with Crippen LogP contribution in [0.2, 0.25) is 0 Å². The third kappa shape index (κ3) is 6.10. The van der Waals surface area contributed by atoms with Crippen molar-refractivity contribution in [3.63, 3.8) is 0 Å². The number of aromatic amines is 1. The SMILES string of the molecule is COc1n[nH]c2cc(OCCNC[C@H](O)c3cccc(NS(=O)(=O)c4cccc(C)c4)c3)ccc12. The number of H-pyrrole nitrogens is 1. The fraction of sp³-hybridized carbons (Fsp3) is 0.240. The lowest BCUT2D eigenvalue weighted by molar-refractivity contribution is 0.172. The van der Waals surface area contributed by atoms with Crippen LogP contribution in [0.25, 0.3) is 10.9 Å². The second kappa shape index (κ2) is 10.8. The molecule has 0 fully saturated rings. The van der Waals surface area contributed by atoms with E-state index in [9.17, 15) is 13.5 Å². The average molecular weight is 497 g/mol. The molecule has 4 rings (SSSR count). The van der Waals surface area contributed by atoms with E-state index in [0.29, 0.717) is 36.0 Å². The Balaban J connectivity index is 1.27. The number of methoxy groups -OCH3 is 1. The Kier molecular flexibility index (Phi) is 7.54. The minimum Gasteiger partial charge on any atom is -0.492 e. The molecule has 1 atom stereocenters. The maximum atomic E-state index is 12.7. The molecule has 0 spiro atoms. The zero-order valence-corrected chi connectivity index (χ0v) is 20.3. The van der Waals surface area contributed by atoms with Crippen LogP contribution in [0, 0.1) is 6.92 Å². The second-order valence-electron chi connectivity index (χ2n) is 8.06. The number of hydrogen-bond acceptors (Lipinski definition) is 7. The maximum absolute atomic E-state index is 12.7. The zero-order chi connectivity index (χ0) is 24.8. The molecule has 4 aromatic rings. The summed E-state index contributed by atoms with van der Waals surface area (Å²) in [5.74, 6) is 1.23. The van der Waals surface area contributed by atoms with Crippen molar-refractivity contribution in [3.8, 4) is 11.6 Å². The van der Waals surface area contributed by atoms with Gasteiger partial charge in [0.15, 0.2) is 0 Å². The number of hydrogen-bond donors (Lipinski definition) is 4. The summed E-state index contributed by atoms with van der Waals surface area (Å²) in [6, 6.07) is 19.0. The molecule has 0 aliphatic heterocycles. The van der Waals surface area contributed by atoms with Crippen molar-refractivity contribution in [1.29, 1.82) is 0 Å². The van der Waals surface area contributed by atoms with Gasteiger partial charge in [0.25, 0.3) is 10.0 Å². The molecular formula is C25H28N4O5S. The number of aliphatic hydroxyl groups excluding tert-OH is 1. The van der Waals surface area contributed by atoms with Gasteiger partial charge in [-0.15, -0.1) is 5.10 Å². The van der Waals surface area contributed by atoms with Gasteiger partial charge in [-0.3, -0.25) is 9.82 Å². The van der Waals surface area contributed by atoms with E-state index in [-0.39, 0.29) is 11.4 Å². The van der Waals surface area contributed by atoms with Crippen LogP contribution in [-0.2, 0) is 10.0 Å². The van der Waals surface area contributed by atoms with Gasteiger partial charge in [0.2, 0.25) is 5.88 Å². The smallest absolute Gasteiger partial charge is 0.261 e. The number of fused-ring (bicyclic) bond motifs is 1. The van der Waals surface area contributed by atoms with Crippen LogP contribution in [0.5, 0.6) is 11.6 Å². The standard InChI is InChI=1S/C25H28N4O5S/c1-17-5-3-8-21(13-17)35(31,32)29-19-7-4-6-18(14-19)24(30)16-26-11-12-34-20-9-10-22-23(15-20)27-28-25(22)33-2/h3-10,13-15,24,26,29-30H,11-12,16H2,1-2H3,(H,27,28)/t24-/m0/s1. The number of nitrogens with zero attached hydrogens (tertiary/aromatic N) is 1. The molecule has 10 heteroatoms. The summed E-state index contributed by atoms with van der Waals surface area (Å²) in [6.07, 6.45) is -0.813. The summed E-state index contributed by atoms with van der Waals surface area (Å²) >= 11 is 0.